The van der Waals surface area contributed by atoms with E-state index in [1.165, 1.54) is 7.11 Å². The van der Waals surface area contributed by atoms with Gasteiger partial charge in [0.05, 0.1) is 25.3 Å². The van der Waals surface area contributed by atoms with Gasteiger partial charge in [0.15, 0.2) is 11.5 Å². The van der Waals surface area contributed by atoms with E-state index >= 15 is 0 Å². The van der Waals surface area contributed by atoms with Gasteiger partial charge in [-0.1, -0.05) is 31.5 Å². The normalized spacial score (nSPS) is 12.6. The first-order valence-corrected chi connectivity index (χ1v) is 6.20. The molecule has 0 aliphatic carbocycles. The maximum absolute atomic E-state index is 10.1. The molecule has 0 aromatic heterocycles. The molecule has 1 rings (SSSR count). The number of hydrogen-bond acceptors (Lipinski definition) is 4. The molecule has 1 atom stereocenters. The fourth-order valence-corrected chi connectivity index (χ4v) is 1.98. The quantitative estimate of drug-likeness (QED) is 0.836. The minimum Gasteiger partial charge on any atom is -0.493 e. The monoisotopic (exact) mass is 273 g/mol. The van der Waals surface area contributed by atoms with Crippen LogP contribution in [0, 0.1) is 0 Å². The topological polar surface area (TPSA) is 50.7 Å². The summed E-state index contributed by atoms with van der Waals surface area (Å²) in [7, 11) is 3.07. The molecule has 0 aliphatic rings. The van der Waals surface area contributed by atoms with Crippen molar-refractivity contribution in [1.29, 1.82) is 0 Å². The summed E-state index contributed by atoms with van der Waals surface area (Å²) in [5, 5.41) is 13.6. The highest BCUT2D eigenvalue weighted by Crippen LogP contribution is 2.39. The van der Waals surface area contributed by atoms with E-state index in [1.807, 2.05) is 13.8 Å². The van der Waals surface area contributed by atoms with Crippen molar-refractivity contribution in [3.63, 3.8) is 0 Å². The summed E-state index contributed by atoms with van der Waals surface area (Å²) in [6.07, 6.45) is -0.681. The van der Waals surface area contributed by atoms with Crippen LogP contribution in [0.1, 0.15) is 25.5 Å². The summed E-state index contributed by atoms with van der Waals surface area (Å²) in [6, 6.07) is 3.79. The Balaban J connectivity index is 2.96. The summed E-state index contributed by atoms with van der Waals surface area (Å²) in [4.78, 5) is 0. The number of benzene rings is 1. The molecular weight excluding hydrogens is 254 g/mol. The van der Waals surface area contributed by atoms with E-state index in [-0.39, 0.29) is 0 Å². The first kappa shape index (κ1) is 15.1. The SMILES string of the molecule is COc1ccc([C@H](O)CNC(C)C)c(Cl)c1OC. The molecule has 0 heterocycles. The van der Waals surface area contributed by atoms with Gasteiger partial charge in [-0.3, -0.25) is 0 Å². The van der Waals surface area contributed by atoms with Crippen LogP contribution in [-0.2, 0) is 0 Å². The molecule has 0 saturated carbocycles. The van der Waals surface area contributed by atoms with Crippen molar-refractivity contribution in [2.24, 2.45) is 0 Å². The predicted molar refractivity (Wildman–Crippen MR) is 72.7 cm³/mol. The molecule has 1 aromatic carbocycles. The van der Waals surface area contributed by atoms with E-state index in [1.54, 1.807) is 19.2 Å². The zero-order valence-corrected chi connectivity index (χ0v) is 11.9. The molecule has 0 unspecified atom stereocenters. The Bertz CT molecular complexity index is 396. The van der Waals surface area contributed by atoms with Crippen molar-refractivity contribution in [1.82, 2.24) is 5.32 Å². The fourth-order valence-electron chi connectivity index (χ4n) is 1.62. The van der Waals surface area contributed by atoms with E-state index in [9.17, 15) is 5.11 Å². The van der Waals surface area contributed by atoms with Crippen LogP contribution in [0.2, 0.25) is 5.02 Å². The summed E-state index contributed by atoms with van der Waals surface area (Å²) in [6.45, 7) is 4.47. The Morgan fingerprint density at radius 1 is 1.28 bits per heavy atom. The molecule has 0 radical (unpaired) electrons. The van der Waals surface area contributed by atoms with Gasteiger partial charge >= 0.3 is 0 Å². The number of rotatable bonds is 6. The highest BCUT2D eigenvalue weighted by molar-refractivity contribution is 6.33. The Kier molecular flexibility index (Phi) is 5.72. The van der Waals surface area contributed by atoms with E-state index in [0.717, 1.165) is 0 Å². The molecule has 2 N–H and O–H groups in total. The van der Waals surface area contributed by atoms with Gasteiger partial charge in [0.2, 0.25) is 0 Å². The molecule has 1 aromatic rings. The van der Waals surface area contributed by atoms with Crippen LogP contribution in [-0.4, -0.2) is 31.9 Å². The van der Waals surface area contributed by atoms with Crippen molar-refractivity contribution in [3.8, 4) is 11.5 Å². The van der Waals surface area contributed by atoms with Crippen molar-refractivity contribution >= 4 is 11.6 Å². The van der Waals surface area contributed by atoms with Crippen LogP contribution in [0.4, 0.5) is 0 Å². The molecule has 18 heavy (non-hydrogen) atoms. The summed E-state index contributed by atoms with van der Waals surface area (Å²) in [5.41, 5.74) is 0.627. The largest absolute Gasteiger partial charge is 0.493 e. The Hall–Kier alpha value is -0.970. The van der Waals surface area contributed by atoms with Crippen LogP contribution < -0.4 is 14.8 Å². The van der Waals surface area contributed by atoms with Gasteiger partial charge in [0, 0.05) is 18.2 Å². The number of aliphatic hydroxyl groups is 1. The third kappa shape index (κ3) is 3.51. The van der Waals surface area contributed by atoms with Crippen molar-refractivity contribution in [2.75, 3.05) is 20.8 Å². The maximum Gasteiger partial charge on any atom is 0.179 e. The smallest absolute Gasteiger partial charge is 0.179 e. The van der Waals surface area contributed by atoms with E-state index < -0.39 is 6.10 Å². The number of aliphatic hydroxyl groups excluding tert-OH is 1. The lowest BCUT2D eigenvalue weighted by Gasteiger charge is -2.18. The molecule has 0 spiro atoms. The highest BCUT2D eigenvalue weighted by Gasteiger charge is 2.18. The van der Waals surface area contributed by atoms with Gasteiger partial charge in [-0.25, -0.2) is 0 Å². The van der Waals surface area contributed by atoms with Gasteiger partial charge < -0.3 is 19.9 Å². The summed E-state index contributed by atoms with van der Waals surface area (Å²) >= 11 is 6.21. The third-order valence-corrected chi connectivity index (χ3v) is 2.98. The number of nitrogens with one attached hydrogen (secondary N) is 1. The zero-order chi connectivity index (χ0) is 13.7. The molecule has 5 heteroatoms. The van der Waals surface area contributed by atoms with Gasteiger partial charge in [0.1, 0.15) is 0 Å². The van der Waals surface area contributed by atoms with Crippen LogP contribution >= 0.6 is 11.6 Å². The van der Waals surface area contributed by atoms with Crippen LogP contribution in [0.15, 0.2) is 12.1 Å². The second kappa shape index (κ2) is 6.83. The second-order valence-electron chi connectivity index (χ2n) is 4.28. The first-order chi connectivity index (χ1) is 8.51. The number of ether oxygens (including phenoxy) is 2. The highest BCUT2D eigenvalue weighted by atomic mass is 35.5. The van der Waals surface area contributed by atoms with E-state index in [2.05, 4.69) is 5.32 Å². The summed E-state index contributed by atoms with van der Waals surface area (Å²) in [5.74, 6) is 0.996. The number of halogens is 1. The standard InChI is InChI=1S/C13H20ClNO3/c1-8(2)15-7-10(16)9-5-6-11(17-3)13(18-4)12(9)14/h5-6,8,10,15-16H,7H2,1-4H3/t10-/m1/s1. The van der Waals surface area contributed by atoms with Crippen LogP contribution in [0.3, 0.4) is 0 Å². The van der Waals surface area contributed by atoms with E-state index in [4.69, 9.17) is 21.1 Å². The Morgan fingerprint density at radius 2 is 1.94 bits per heavy atom. The molecule has 0 bridgehead atoms. The van der Waals surface area contributed by atoms with E-state index in [0.29, 0.717) is 34.7 Å². The Morgan fingerprint density at radius 3 is 2.44 bits per heavy atom. The lowest BCUT2D eigenvalue weighted by Crippen LogP contribution is -2.28. The zero-order valence-electron chi connectivity index (χ0n) is 11.2. The van der Waals surface area contributed by atoms with Crippen LogP contribution in [0.5, 0.6) is 11.5 Å². The lowest BCUT2D eigenvalue weighted by atomic mass is 10.1. The van der Waals surface area contributed by atoms with Crippen molar-refractivity contribution < 1.29 is 14.6 Å². The average molecular weight is 274 g/mol. The average Bonchev–Trinajstić information content (AvgIpc) is 2.35. The molecule has 0 amide bonds. The van der Waals surface area contributed by atoms with Gasteiger partial charge in [-0.05, 0) is 6.07 Å². The van der Waals surface area contributed by atoms with Crippen molar-refractivity contribution in [2.45, 2.75) is 26.0 Å². The minimum absolute atomic E-state index is 0.304. The molecular formula is C13H20ClNO3. The molecule has 0 saturated heterocycles. The Labute approximate surface area is 113 Å². The molecule has 4 nitrogen and oxygen atoms in total. The van der Waals surface area contributed by atoms with Crippen LogP contribution in [0.25, 0.3) is 0 Å². The van der Waals surface area contributed by atoms with Gasteiger partial charge in [-0.15, -0.1) is 0 Å². The number of methoxy groups -OCH3 is 2. The first-order valence-electron chi connectivity index (χ1n) is 5.83. The third-order valence-electron chi connectivity index (χ3n) is 2.59. The lowest BCUT2D eigenvalue weighted by molar-refractivity contribution is 0.171. The molecule has 102 valence electrons. The number of hydrogen-bond donors (Lipinski definition) is 2. The summed E-state index contributed by atoms with van der Waals surface area (Å²) < 4.78 is 10.3. The van der Waals surface area contributed by atoms with Gasteiger partial charge in [-0.2, -0.15) is 0 Å². The van der Waals surface area contributed by atoms with Gasteiger partial charge in [0.25, 0.3) is 0 Å². The molecule has 0 fully saturated rings. The fraction of sp³-hybridized carbons (Fsp3) is 0.538. The maximum atomic E-state index is 10.1. The minimum atomic E-state index is -0.681. The van der Waals surface area contributed by atoms with Crippen molar-refractivity contribution in [3.05, 3.63) is 22.7 Å². The second-order valence-corrected chi connectivity index (χ2v) is 4.66. The molecule has 0 aliphatic heterocycles. The predicted octanol–water partition coefficient (Wildman–Crippen LogP) is 2.39.